The molecule has 2 aromatic rings. The van der Waals surface area contributed by atoms with Gasteiger partial charge >= 0.3 is 5.97 Å². The van der Waals surface area contributed by atoms with Gasteiger partial charge in [0.2, 0.25) is 11.8 Å². The fraction of sp³-hybridized carbons (Fsp3) is 0.333. The quantitative estimate of drug-likeness (QED) is 0.124. The van der Waals surface area contributed by atoms with E-state index in [9.17, 15) is 19.5 Å². The number of hydrogen-bond donors (Lipinski definition) is 7. The lowest BCUT2D eigenvalue weighted by molar-refractivity contribution is -0.142. The van der Waals surface area contributed by atoms with E-state index in [0.717, 1.165) is 11.1 Å². The molecule has 0 fully saturated rings. The molecule has 2 aromatic carbocycles. The highest BCUT2D eigenvalue weighted by molar-refractivity contribution is 5.92. The molecule has 34 heavy (non-hydrogen) atoms. The molecule has 0 radical (unpaired) electrons. The minimum atomic E-state index is -1.19. The van der Waals surface area contributed by atoms with Gasteiger partial charge < -0.3 is 32.5 Å². The Balaban J connectivity index is 2.06. The first-order valence-electron chi connectivity index (χ1n) is 11.0. The molecule has 2 amide bonds. The second-order valence-electron chi connectivity index (χ2n) is 7.93. The SMILES string of the molecule is N=C(N)NCCC[C@H](NC(=O)[C@H](Cc1ccccc1)NC(=O)[C@H](N)Cc1ccccc1)C(=O)O. The number of nitrogens with two attached hydrogens (primary N) is 2. The van der Waals surface area contributed by atoms with Crippen LogP contribution < -0.4 is 27.4 Å². The van der Waals surface area contributed by atoms with Crippen molar-refractivity contribution in [1.29, 1.82) is 5.41 Å². The summed E-state index contributed by atoms with van der Waals surface area (Å²) in [5, 5.41) is 24.5. The number of guanidine groups is 1. The van der Waals surface area contributed by atoms with Crippen molar-refractivity contribution in [3.05, 3.63) is 71.8 Å². The molecule has 0 saturated carbocycles. The third-order valence-corrected chi connectivity index (χ3v) is 5.15. The van der Waals surface area contributed by atoms with Gasteiger partial charge in [-0.2, -0.15) is 0 Å². The van der Waals surface area contributed by atoms with Crippen LogP contribution in [0.25, 0.3) is 0 Å². The van der Waals surface area contributed by atoms with E-state index < -0.39 is 35.9 Å². The summed E-state index contributed by atoms with van der Waals surface area (Å²) in [7, 11) is 0. The summed E-state index contributed by atoms with van der Waals surface area (Å²) in [6.45, 7) is 0.299. The van der Waals surface area contributed by atoms with Crippen LogP contribution in [0.5, 0.6) is 0 Å². The molecule has 0 aliphatic rings. The molecular formula is C24H32N6O4. The number of benzene rings is 2. The standard InChI is InChI=1S/C24H32N6O4/c25-18(14-16-8-3-1-4-9-16)21(31)30-20(15-17-10-5-2-6-11-17)22(32)29-19(23(33)34)12-7-13-28-24(26)27/h1-6,8-11,18-20H,7,12-15,25H2,(H,29,32)(H,30,31)(H,33,34)(H4,26,27,28)/t18-,19+,20+/m1/s1. The van der Waals surface area contributed by atoms with Crippen LogP contribution >= 0.6 is 0 Å². The maximum Gasteiger partial charge on any atom is 0.326 e. The smallest absolute Gasteiger partial charge is 0.326 e. The Morgan fingerprint density at radius 3 is 1.91 bits per heavy atom. The Labute approximate surface area is 198 Å². The van der Waals surface area contributed by atoms with E-state index in [4.69, 9.17) is 16.9 Å². The molecule has 0 aliphatic heterocycles. The van der Waals surface area contributed by atoms with Crippen LogP contribution in [0.3, 0.4) is 0 Å². The summed E-state index contributed by atoms with van der Waals surface area (Å²) < 4.78 is 0. The number of nitrogens with one attached hydrogen (secondary N) is 4. The van der Waals surface area contributed by atoms with E-state index in [2.05, 4.69) is 16.0 Å². The summed E-state index contributed by atoms with van der Waals surface area (Å²) in [6, 6.07) is 15.4. The van der Waals surface area contributed by atoms with Crippen molar-refractivity contribution >= 4 is 23.7 Å². The number of carbonyl (C=O) groups excluding carboxylic acids is 2. The van der Waals surface area contributed by atoms with Crippen molar-refractivity contribution in [2.75, 3.05) is 6.54 Å². The normalized spacial score (nSPS) is 13.2. The number of carboxylic acid groups (broad SMARTS) is 1. The summed E-state index contributed by atoms with van der Waals surface area (Å²) in [5.74, 6) is -2.52. The molecule has 0 bridgehead atoms. The third-order valence-electron chi connectivity index (χ3n) is 5.15. The van der Waals surface area contributed by atoms with Gasteiger partial charge in [-0.25, -0.2) is 4.79 Å². The third kappa shape index (κ3) is 9.29. The molecule has 9 N–H and O–H groups in total. The van der Waals surface area contributed by atoms with E-state index in [-0.39, 0.29) is 18.8 Å². The van der Waals surface area contributed by atoms with Crippen molar-refractivity contribution < 1.29 is 19.5 Å². The minimum absolute atomic E-state index is 0.126. The molecule has 10 nitrogen and oxygen atoms in total. The first-order chi connectivity index (χ1) is 16.3. The molecule has 10 heteroatoms. The summed E-state index contributed by atoms with van der Waals surface area (Å²) >= 11 is 0. The molecule has 0 unspecified atom stereocenters. The van der Waals surface area contributed by atoms with Crippen molar-refractivity contribution in [3.63, 3.8) is 0 Å². The van der Waals surface area contributed by atoms with Gasteiger partial charge in [-0.1, -0.05) is 60.7 Å². The zero-order valence-corrected chi connectivity index (χ0v) is 18.9. The highest BCUT2D eigenvalue weighted by atomic mass is 16.4. The van der Waals surface area contributed by atoms with E-state index in [1.165, 1.54) is 0 Å². The number of hydrogen-bond acceptors (Lipinski definition) is 5. The van der Waals surface area contributed by atoms with Gasteiger partial charge in [0.1, 0.15) is 12.1 Å². The first kappa shape index (κ1) is 26.3. The molecular weight excluding hydrogens is 436 g/mol. The minimum Gasteiger partial charge on any atom is -0.480 e. The molecule has 0 aliphatic carbocycles. The highest BCUT2D eigenvalue weighted by Gasteiger charge is 2.28. The molecule has 2 rings (SSSR count). The number of carbonyl (C=O) groups is 3. The lowest BCUT2D eigenvalue weighted by atomic mass is 10.0. The first-order valence-corrected chi connectivity index (χ1v) is 11.0. The summed E-state index contributed by atoms with van der Waals surface area (Å²) in [6.07, 6.45) is 0.970. The van der Waals surface area contributed by atoms with Crippen molar-refractivity contribution in [3.8, 4) is 0 Å². The van der Waals surface area contributed by atoms with E-state index in [1.807, 2.05) is 60.7 Å². The van der Waals surface area contributed by atoms with Gasteiger partial charge in [-0.15, -0.1) is 0 Å². The average molecular weight is 469 g/mol. The van der Waals surface area contributed by atoms with Gasteiger partial charge in [0.05, 0.1) is 6.04 Å². The number of rotatable bonds is 13. The molecule has 0 heterocycles. The zero-order chi connectivity index (χ0) is 24.9. The Bertz CT molecular complexity index is 954. The lowest BCUT2D eigenvalue weighted by Gasteiger charge is -2.23. The van der Waals surface area contributed by atoms with Crippen molar-refractivity contribution in [1.82, 2.24) is 16.0 Å². The average Bonchev–Trinajstić information content (AvgIpc) is 2.81. The van der Waals surface area contributed by atoms with Crippen molar-refractivity contribution in [2.45, 2.75) is 43.8 Å². The van der Waals surface area contributed by atoms with Crippen LogP contribution in [0.4, 0.5) is 0 Å². The number of carboxylic acids is 1. The Morgan fingerprint density at radius 1 is 0.853 bits per heavy atom. The Kier molecular flexibility index (Phi) is 10.5. The Morgan fingerprint density at radius 2 is 1.38 bits per heavy atom. The number of aliphatic carboxylic acids is 1. The van der Waals surface area contributed by atoms with Crippen LogP contribution in [-0.4, -0.2) is 53.5 Å². The van der Waals surface area contributed by atoms with Gasteiger partial charge in [0.25, 0.3) is 0 Å². The lowest BCUT2D eigenvalue weighted by Crippen LogP contribution is -2.55. The fourth-order valence-corrected chi connectivity index (χ4v) is 3.36. The van der Waals surface area contributed by atoms with E-state index in [0.29, 0.717) is 19.4 Å². The van der Waals surface area contributed by atoms with Gasteiger partial charge in [-0.05, 0) is 30.4 Å². The summed E-state index contributed by atoms with van der Waals surface area (Å²) in [5.41, 5.74) is 13.0. The maximum atomic E-state index is 13.0. The van der Waals surface area contributed by atoms with Crippen LogP contribution in [0, 0.1) is 5.41 Å². The predicted molar refractivity (Wildman–Crippen MR) is 129 cm³/mol. The van der Waals surface area contributed by atoms with E-state index >= 15 is 0 Å². The fourth-order valence-electron chi connectivity index (χ4n) is 3.36. The summed E-state index contributed by atoms with van der Waals surface area (Å²) in [4.78, 5) is 37.5. The molecule has 182 valence electrons. The van der Waals surface area contributed by atoms with Crippen LogP contribution in [0.2, 0.25) is 0 Å². The molecule has 0 spiro atoms. The van der Waals surface area contributed by atoms with Gasteiger partial charge in [0.15, 0.2) is 5.96 Å². The highest BCUT2D eigenvalue weighted by Crippen LogP contribution is 2.07. The predicted octanol–water partition coefficient (Wildman–Crippen LogP) is 0.117. The second-order valence-corrected chi connectivity index (χ2v) is 7.93. The van der Waals surface area contributed by atoms with Crippen LogP contribution in [0.1, 0.15) is 24.0 Å². The Hall–Kier alpha value is -3.92. The second kappa shape index (κ2) is 13.6. The van der Waals surface area contributed by atoms with Gasteiger partial charge in [0, 0.05) is 13.0 Å². The van der Waals surface area contributed by atoms with Crippen molar-refractivity contribution in [2.24, 2.45) is 11.5 Å². The zero-order valence-electron chi connectivity index (χ0n) is 18.9. The molecule has 0 aromatic heterocycles. The monoisotopic (exact) mass is 468 g/mol. The largest absolute Gasteiger partial charge is 0.480 e. The topological polar surface area (TPSA) is 183 Å². The maximum absolute atomic E-state index is 13.0. The number of amides is 2. The molecule has 0 saturated heterocycles. The van der Waals surface area contributed by atoms with Gasteiger partial charge in [-0.3, -0.25) is 15.0 Å². The van der Waals surface area contributed by atoms with Crippen LogP contribution in [0.15, 0.2) is 60.7 Å². The van der Waals surface area contributed by atoms with E-state index in [1.54, 1.807) is 0 Å². The van der Waals surface area contributed by atoms with Crippen LogP contribution in [-0.2, 0) is 27.2 Å². The molecule has 3 atom stereocenters.